The van der Waals surface area contributed by atoms with Gasteiger partial charge in [0, 0.05) is 17.1 Å². The second-order valence-corrected chi connectivity index (χ2v) is 5.54. The summed E-state index contributed by atoms with van der Waals surface area (Å²) in [5, 5.41) is 3.77. The molecular weight excluding hydrogens is 332 g/mol. The topological polar surface area (TPSA) is 55.1 Å². The number of anilines is 1. The Bertz CT molecular complexity index is 797. The van der Waals surface area contributed by atoms with E-state index in [9.17, 15) is 4.79 Å². The van der Waals surface area contributed by atoms with Gasteiger partial charge in [0.2, 0.25) is 5.91 Å². The van der Waals surface area contributed by atoms with Crippen LogP contribution in [-0.4, -0.2) is 10.9 Å². The minimum absolute atomic E-state index is 0.105. The summed E-state index contributed by atoms with van der Waals surface area (Å²) >= 11 is 3.39. The monoisotopic (exact) mass is 344 g/mol. The number of nitrogens with zero attached hydrogens (tertiary/aromatic N) is 1. The van der Waals surface area contributed by atoms with Gasteiger partial charge >= 0.3 is 0 Å². The zero-order valence-corrected chi connectivity index (χ0v) is 13.0. The Hall–Kier alpha value is -2.14. The third kappa shape index (κ3) is 2.97. The number of halogens is 1. The van der Waals surface area contributed by atoms with Crippen LogP contribution in [-0.2, 0) is 11.2 Å². The van der Waals surface area contributed by atoms with Crippen LogP contribution < -0.4 is 5.32 Å². The number of aromatic nitrogens is 1. The molecule has 0 aliphatic heterocycles. The Labute approximate surface area is 130 Å². The number of carbonyl (C=O) groups is 1. The Balaban J connectivity index is 1.84. The van der Waals surface area contributed by atoms with Crippen LogP contribution in [0.1, 0.15) is 11.1 Å². The molecule has 5 heteroatoms. The summed E-state index contributed by atoms with van der Waals surface area (Å²) < 4.78 is 6.26. The van der Waals surface area contributed by atoms with E-state index in [2.05, 4.69) is 26.2 Å². The SMILES string of the molecule is Cc1ccc2c(CC(=O)Nc3cccnc3)c(Br)oc2c1. The van der Waals surface area contributed by atoms with Gasteiger partial charge in [0.15, 0.2) is 4.67 Å². The molecule has 0 saturated carbocycles. The highest BCUT2D eigenvalue weighted by atomic mass is 79.9. The van der Waals surface area contributed by atoms with E-state index in [1.807, 2.05) is 25.1 Å². The van der Waals surface area contributed by atoms with E-state index in [4.69, 9.17) is 4.42 Å². The lowest BCUT2D eigenvalue weighted by atomic mass is 10.1. The van der Waals surface area contributed by atoms with Crippen LogP contribution in [0.15, 0.2) is 51.8 Å². The van der Waals surface area contributed by atoms with Crippen molar-refractivity contribution in [1.82, 2.24) is 4.98 Å². The van der Waals surface area contributed by atoms with Gasteiger partial charge in [-0.15, -0.1) is 0 Å². The van der Waals surface area contributed by atoms with Gasteiger partial charge in [-0.2, -0.15) is 0 Å². The van der Waals surface area contributed by atoms with Crippen LogP contribution in [0.3, 0.4) is 0 Å². The highest BCUT2D eigenvalue weighted by Gasteiger charge is 2.15. The molecule has 1 amide bonds. The number of hydrogen-bond acceptors (Lipinski definition) is 3. The molecule has 1 N–H and O–H groups in total. The van der Waals surface area contributed by atoms with Crippen molar-refractivity contribution in [2.24, 2.45) is 0 Å². The fraction of sp³-hybridized carbons (Fsp3) is 0.125. The van der Waals surface area contributed by atoms with Gasteiger partial charge in [0.1, 0.15) is 5.58 Å². The smallest absolute Gasteiger partial charge is 0.229 e. The normalized spacial score (nSPS) is 10.8. The summed E-state index contributed by atoms with van der Waals surface area (Å²) in [7, 11) is 0. The van der Waals surface area contributed by atoms with Gasteiger partial charge in [0.25, 0.3) is 0 Å². The first-order valence-corrected chi connectivity index (χ1v) is 7.30. The summed E-state index contributed by atoms with van der Waals surface area (Å²) in [6.45, 7) is 2.00. The van der Waals surface area contributed by atoms with Gasteiger partial charge in [-0.05, 0) is 46.6 Å². The molecule has 0 unspecified atom stereocenters. The van der Waals surface area contributed by atoms with Crippen LogP contribution in [0.5, 0.6) is 0 Å². The molecule has 0 bridgehead atoms. The predicted octanol–water partition coefficient (Wildman–Crippen LogP) is 4.08. The van der Waals surface area contributed by atoms with Crippen LogP contribution >= 0.6 is 15.9 Å². The molecular formula is C16H13BrN2O2. The van der Waals surface area contributed by atoms with Crippen molar-refractivity contribution in [3.05, 3.63) is 58.5 Å². The maximum Gasteiger partial charge on any atom is 0.229 e. The molecule has 0 aliphatic rings. The number of carbonyl (C=O) groups excluding carboxylic acids is 1. The van der Waals surface area contributed by atoms with Crippen LogP contribution in [0, 0.1) is 6.92 Å². The Kier molecular flexibility index (Phi) is 3.75. The molecule has 0 aliphatic carbocycles. The molecule has 0 atom stereocenters. The summed E-state index contributed by atoms with van der Waals surface area (Å²) in [4.78, 5) is 16.1. The van der Waals surface area contributed by atoms with Crippen molar-refractivity contribution in [1.29, 1.82) is 0 Å². The van der Waals surface area contributed by atoms with Gasteiger partial charge in [0.05, 0.1) is 18.3 Å². The first-order chi connectivity index (χ1) is 10.1. The van der Waals surface area contributed by atoms with E-state index in [0.717, 1.165) is 22.1 Å². The third-order valence-corrected chi connectivity index (χ3v) is 3.82. The van der Waals surface area contributed by atoms with Crippen LogP contribution in [0.4, 0.5) is 5.69 Å². The highest BCUT2D eigenvalue weighted by molar-refractivity contribution is 9.10. The van der Waals surface area contributed by atoms with Crippen LogP contribution in [0.2, 0.25) is 0 Å². The molecule has 0 radical (unpaired) electrons. The van der Waals surface area contributed by atoms with Gasteiger partial charge in [-0.25, -0.2) is 0 Å². The Morgan fingerprint density at radius 1 is 1.38 bits per heavy atom. The van der Waals surface area contributed by atoms with E-state index in [1.165, 1.54) is 0 Å². The van der Waals surface area contributed by atoms with Gasteiger partial charge in [-0.1, -0.05) is 12.1 Å². The van der Waals surface area contributed by atoms with Crippen molar-refractivity contribution >= 4 is 38.5 Å². The second-order valence-electron chi connectivity index (χ2n) is 4.82. The number of hydrogen-bond donors (Lipinski definition) is 1. The molecule has 2 aromatic heterocycles. The number of furan rings is 1. The quantitative estimate of drug-likeness (QED) is 0.778. The summed E-state index contributed by atoms with van der Waals surface area (Å²) in [6, 6.07) is 9.53. The maximum atomic E-state index is 12.1. The van der Waals surface area contributed by atoms with Gasteiger partial charge in [-0.3, -0.25) is 9.78 Å². The van der Waals surface area contributed by atoms with Crippen molar-refractivity contribution in [2.45, 2.75) is 13.3 Å². The minimum Gasteiger partial charge on any atom is -0.449 e. The highest BCUT2D eigenvalue weighted by Crippen LogP contribution is 2.31. The molecule has 0 fully saturated rings. The first kappa shape index (κ1) is 13.8. The van der Waals surface area contributed by atoms with E-state index in [1.54, 1.807) is 24.5 Å². The molecule has 106 valence electrons. The van der Waals surface area contributed by atoms with Crippen molar-refractivity contribution in [3.8, 4) is 0 Å². The zero-order chi connectivity index (χ0) is 14.8. The minimum atomic E-state index is -0.105. The van der Waals surface area contributed by atoms with Crippen molar-refractivity contribution in [2.75, 3.05) is 5.32 Å². The molecule has 4 nitrogen and oxygen atoms in total. The van der Waals surface area contributed by atoms with E-state index >= 15 is 0 Å². The number of aryl methyl sites for hydroxylation is 1. The lowest BCUT2D eigenvalue weighted by Crippen LogP contribution is -2.14. The number of fused-ring (bicyclic) bond motifs is 1. The van der Waals surface area contributed by atoms with Crippen LogP contribution in [0.25, 0.3) is 11.0 Å². The summed E-state index contributed by atoms with van der Waals surface area (Å²) in [6.07, 6.45) is 3.52. The molecule has 21 heavy (non-hydrogen) atoms. The Morgan fingerprint density at radius 2 is 2.24 bits per heavy atom. The summed E-state index contributed by atoms with van der Waals surface area (Å²) in [5.74, 6) is -0.105. The first-order valence-electron chi connectivity index (χ1n) is 6.51. The number of amides is 1. The average Bonchev–Trinajstić information content (AvgIpc) is 2.75. The number of benzene rings is 1. The van der Waals surface area contributed by atoms with E-state index in [0.29, 0.717) is 10.4 Å². The predicted molar refractivity (Wildman–Crippen MR) is 85.2 cm³/mol. The Morgan fingerprint density at radius 3 is 3.00 bits per heavy atom. The summed E-state index contributed by atoms with van der Waals surface area (Å²) in [5.41, 5.74) is 3.44. The number of pyridine rings is 1. The fourth-order valence-electron chi connectivity index (χ4n) is 2.19. The zero-order valence-electron chi connectivity index (χ0n) is 11.4. The lowest BCUT2D eigenvalue weighted by Gasteiger charge is -2.04. The number of rotatable bonds is 3. The number of nitrogens with one attached hydrogen (secondary N) is 1. The third-order valence-electron chi connectivity index (χ3n) is 3.18. The molecule has 3 aromatic rings. The molecule has 3 rings (SSSR count). The largest absolute Gasteiger partial charge is 0.449 e. The standard InChI is InChI=1S/C16H13BrN2O2/c1-10-4-5-12-13(16(17)21-14(12)7-10)8-15(20)19-11-3-2-6-18-9-11/h2-7,9H,8H2,1H3,(H,19,20). The molecule has 0 spiro atoms. The van der Waals surface area contributed by atoms with E-state index < -0.39 is 0 Å². The maximum absolute atomic E-state index is 12.1. The molecule has 2 heterocycles. The molecule has 1 aromatic carbocycles. The van der Waals surface area contributed by atoms with Gasteiger partial charge < -0.3 is 9.73 Å². The lowest BCUT2D eigenvalue weighted by molar-refractivity contribution is -0.115. The van der Waals surface area contributed by atoms with Crippen molar-refractivity contribution in [3.63, 3.8) is 0 Å². The fourth-order valence-corrected chi connectivity index (χ4v) is 2.72. The molecule has 0 saturated heterocycles. The second kappa shape index (κ2) is 5.69. The van der Waals surface area contributed by atoms with E-state index in [-0.39, 0.29) is 12.3 Å². The van der Waals surface area contributed by atoms with Crippen molar-refractivity contribution < 1.29 is 9.21 Å². The average molecular weight is 345 g/mol.